The Morgan fingerprint density at radius 2 is 2.21 bits per heavy atom. The molecule has 14 heavy (non-hydrogen) atoms. The molecule has 1 unspecified atom stereocenters. The Balaban J connectivity index is 3.33. The normalized spacial score (nSPS) is 11.8. The van der Waals surface area contributed by atoms with Crippen molar-refractivity contribution in [3.8, 4) is 6.07 Å². The fourth-order valence-electron chi connectivity index (χ4n) is 1.01. The van der Waals surface area contributed by atoms with E-state index in [0.717, 1.165) is 19.3 Å². The van der Waals surface area contributed by atoms with E-state index in [4.69, 9.17) is 11.0 Å². The van der Waals surface area contributed by atoms with E-state index in [1.54, 1.807) is 6.92 Å². The van der Waals surface area contributed by atoms with Gasteiger partial charge in [-0.25, -0.2) is 0 Å². The van der Waals surface area contributed by atoms with Crippen LogP contribution in [0.25, 0.3) is 0 Å². The van der Waals surface area contributed by atoms with Crippen LogP contribution >= 0.6 is 0 Å². The summed E-state index contributed by atoms with van der Waals surface area (Å²) < 4.78 is 0. The minimum atomic E-state index is -0.108. The highest BCUT2D eigenvalue weighted by molar-refractivity contribution is 5.75. The Kier molecular flexibility index (Phi) is 7.86. The maximum absolute atomic E-state index is 11.2. The summed E-state index contributed by atoms with van der Waals surface area (Å²) in [5.41, 5.74) is 5.33. The van der Waals surface area contributed by atoms with Gasteiger partial charge in [-0.15, -0.1) is 0 Å². The zero-order valence-electron chi connectivity index (χ0n) is 8.75. The van der Waals surface area contributed by atoms with Gasteiger partial charge in [-0.1, -0.05) is 6.42 Å². The molecular formula is C10H19N3O. The van der Waals surface area contributed by atoms with E-state index in [1.807, 2.05) is 0 Å². The van der Waals surface area contributed by atoms with Crippen LogP contribution in [0.4, 0.5) is 0 Å². The summed E-state index contributed by atoms with van der Waals surface area (Å²) in [4.78, 5) is 11.2. The van der Waals surface area contributed by atoms with Crippen molar-refractivity contribution in [1.29, 1.82) is 5.26 Å². The summed E-state index contributed by atoms with van der Waals surface area (Å²) in [6.07, 6.45) is 3.39. The van der Waals surface area contributed by atoms with E-state index in [0.29, 0.717) is 19.5 Å². The average Bonchev–Trinajstić information content (AvgIpc) is 2.21. The number of carbonyl (C=O) groups excluding carboxylic acids is 1. The van der Waals surface area contributed by atoms with Gasteiger partial charge in [-0.3, -0.25) is 4.79 Å². The molecular weight excluding hydrogens is 178 g/mol. The van der Waals surface area contributed by atoms with Crippen LogP contribution in [-0.4, -0.2) is 19.0 Å². The molecule has 0 saturated heterocycles. The number of nitrogens with zero attached hydrogens (tertiary/aromatic N) is 1. The molecule has 0 aliphatic heterocycles. The molecule has 4 heteroatoms. The van der Waals surface area contributed by atoms with Gasteiger partial charge in [0, 0.05) is 13.0 Å². The second-order valence-corrected chi connectivity index (χ2v) is 3.43. The first kappa shape index (κ1) is 12.9. The largest absolute Gasteiger partial charge is 0.355 e. The first-order valence-electron chi connectivity index (χ1n) is 5.07. The highest BCUT2D eigenvalue weighted by Gasteiger charge is 2.03. The molecule has 0 aromatic heterocycles. The van der Waals surface area contributed by atoms with Gasteiger partial charge < -0.3 is 11.1 Å². The molecule has 0 spiro atoms. The van der Waals surface area contributed by atoms with Crippen molar-refractivity contribution in [2.75, 3.05) is 13.1 Å². The first-order valence-corrected chi connectivity index (χ1v) is 5.07. The molecule has 0 aromatic rings. The third-order valence-corrected chi connectivity index (χ3v) is 1.93. The lowest BCUT2D eigenvalue weighted by atomic mass is 10.1. The molecule has 80 valence electrons. The van der Waals surface area contributed by atoms with Gasteiger partial charge in [0.05, 0.1) is 12.0 Å². The molecule has 0 rings (SSSR count). The summed E-state index contributed by atoms with van der Waals surface area (Å²) >= 11 is 0. The Morgan fingerprint density at radius 3 is 2.79 bits per heavy atom. The first-order chi connectivity index (χ1) is 6.70. The summed E-state index contributed by atoms with van der Waals surface area (Å²) in [5.74, 6) is -0.0767. The second kappa shape index (κ2) is 8.52. The van der Waals surface area contributed by atoms with E-state index >= 15 is 0 Å². The molecule has 0 fully saturated rings. The molecule has 0 heterocycles. The summed E-state index contributed by atoms with van der Waals surface area (Å²) in [5, 5.41) is 11.2. The molecule has 0 saturated carbocycles. The van der Waals surface area contributed by atoms with Crippen molar-refractivity contribution in [2.45, 2.75) is 32.6 Å². The van der Waals surface area contributed by atoms with Crippen LogP contribution in [0.1, 0.15) is 32.6 Å². The van der Waals surface area contributed by atoms with Gasteiger partial charge in [0.1, 0.15) is 0 Å². The smallest absolute Gasteiger partial charge is 0.220 e. The van der Waals surface area contributed by atoms with Gasteiger partial charge in [0.25, 0.3) is 0 Å². The minimum absolute atomic E-state index is 0.0316. The van der Waals surface area contributed by atoms with Crippen LogP contribution in [0.5, 0.6) is 0 Å². The lowest BCUT2D eigenvalue weighted by molar-refractivity contribution is -0.121. The molecule has 3 N–H and O–H groups in total. The Hall–Kier alpha value is -1.08. The lowest BCUT2D eigenvalue weighted by Gasteiger charge is -2.05. The third kappa shape index (κ3) is 7.56. The number of amides is 1. The number of nitriles is 1. The summed E-state index contributed by atoms with van der Waals surface area (Å²) in [7, 11) is 0. The molecule has 1 atom stereocenters. The van der Waals surface area contributed by atoms with Crippen molar-refractivity contribution in [2.24, 2.45) is 11.7 Å². The Bertz CT molecular complexity index is 198. The quantitative estimate of drug-likeness (QED) is 0.592. The SMILES string of the molecule is CC(C#N)CNC(=O)CCCCCN. The maximum atomic E-state index is 11.2. The molecule has 4 nitrogen and oxygen atoms in total. The molecule has 0 aromatic carbocycles. The molecule has 0 radical (unpaired) electrons. The average molecular weight is 197 g/mol. The summed E-state index contributed by atoms with van der Waals surface area (Å²) in [6, 6.07) is 2.07. The van der Waals surface area contributed by atoms with Crippen molar-refractivity contribution in [1.82, 2.24) is 5.32 Å². The number of rotatable bonds is 7. The van der Waals surface area contributed by atoms with Gasteiger partial charge in [0.15, 0.2) is 0 Å². The van der Waals surface area contributed by atoms with Gasteiger partial charge >= 0.3 is 0 Å². The number of hydrogen-bond donors (Lipinski definition) is 2. The monoisotopic (exact) mass is 197 g/mol. The van der Waals surface area contributed by atoms with Gasteiger partial charge in [-0.05, 0) is 26.3 Å². The topological polar surface area (TPSA) is 78.9 Å². The number of carbonyl (C=O) groups is 1. The van der Waals surface area contributed by atoms with E-state index in [1.165, 1.54) is 0 Å². The second-order valence-electron chi connectivity index (χ2n) is 3.43. The predicted molar refractivity (Wildman–Crippen MR) is 55.3 cm³/mol. The number of nitrogens with two attached hydrogens (primary N) is 1. The number of nitrogens with one attached hydrogen (secondary N) is 1. The lowest BCUT2D eigenvalue weighted by Crippen LogP contribution is -2.27. The van der Waals surface area contributed by atoms with Gasteiger partial charge in [0.2, 0.25) is 5.91 Å². The van der Waals surface area contributed by atoms with E-state index < -0.39 is 0 Å². The van der Waals surface area contributed by atoms with Crippen LogP contribution in [0.3, 0.4) is 0 Å². The van der Waals surface area contributed by atoms with Crippen molar-refractivity contribution < 1.29 is 4.79 Å². The van der Waals surface area contributed by atoms with Crippen LogP contribution in [0.2, 0.25) is 0 Å². The molecule has 0 aliphatic carbocycles. The molecule has 1 amide bonds. The Labute approximate surface area is 85.5 Å². The van der Waals surface area contributed by atoms with Crippen LogP contribution < -0.4 is 11.1 Å². The predicted octanol–water partition coefficient (Wildman–Crippen LogP) is 0.781. The summed E-state index contributed by atoms with van der Waals surface area (Å²) in [6.45, 7) is 2.92. The maximum Gasteiger partial charge on any atom is 0.220 e. The highest BCUT2D eigenvalue weighted by atomic mass is 16.1. The zero-order valence-corrected chi connectivity index (χ0v) is 8.75. The van der Waals surface area contributed by atoms with Gasteiger partial charge in [-0.2, -0.15) is 5.26 Å². The van der Waals surface area contributed by atoms with E-state index in [-0.39, 0.29) is 11.8 Å². The standard InChI is InChI=1S/C10H19N3O/c1-9(7-12)8-13-10(14)5-3-2-4-6-11/h9H,2-6,8,11H2,1H3,(H,13,14). The number of unbranched alkanes of at least 4 members (excludes halogenated alkanes) is 2. The van der Waals surface area contributed by atoms with Crippen LogP contribution in [-0.2, 0) is 4.79 Å². The van der Waals surface area contributed by atoms with E-state index in [9.17, 15) is 4.79 Å². The van der Waals surface area contributed by atoms with Crippen LogP contribution in [0.15, 0.2) is 0 Å². The minimum Gasteiger partial charge on any atom is -0.355 e. The highest BCUT2D eigenvalue weighted by Crippen LogP contribution is 1.98. The third-order valence-electron chi connectivity index (χ3n) is 1.93. The zero-order chi connectivity index (χ0) is 10.8. The molecule has 0 aliphatic rings. The van der Waals surface area contributed by atoms with E-state index in [2.05, 4.69) is 11.4 Å². The van der Waals surface area contributed by atoms with Crippen molar-refractivity contribution >= 4 is 5.91 Å². The Morgan fingerprint density at radius 1 is 1.50 bits per heavy atom. The van der Waals surface area contributed by atoms with Crippen molar-refractivity contribution in [3.05, 3.63) is 0 Å². The number of hydrogen-bond acceptors (Lipinski definition) is 3. The van der Waals surface area contributed by atoms with Crippen molar-refractivity contribution in [3.63, 3.8) is 0 Å². The molecule has 0 bridgehead atoms. The fraction of sp³-hybridized carbons (Fsp3) is 0.800. The van der Waals surface area contributed by atoms with Crippen LogP contribution in [0, 0.1) is 17.2 Å². The fourth-order valence-corrected chi connectivity index (χ4v) is 1.01.